The second-order valence-corrected chi connectivity index (χ2v) is 19.2. The molecule has 0 radical (unpaired) electrons. The predicted octanol–water partition coefficient (Wildman–Crippen LogP) is 4.56. The smallest absolute Gasteiger partial charge is 0.377 e. The van der Waals surface area contributed by atoms with Crippen LogP contribution in [0.1, 0.15) is 153 Å². The van der Waals surface area contributed by atoms with E-state index in [9.17, 15) is 70.6 Å². The lowest BCUT2D eigenvalue weighted by Gasteiger charge is -2.29. The first kappa shape index (κ1) is 69.3. The first-order valence-corrected chi connectivity index (χ1v) is 23.7. The monoisotopic (exact) mass is 1000 g/mol. The third-order valence-electron chi connectivity index (χ3n) is 11.2. The number of ether oxygens (including phenoxy) is 3. The maximum Gasteiger partial charge on any atom is 0.377 e. The van der Waals surface area contributed by atoms with E-state index in [0.717, 1.165) is 51.4 Å². The van der Waals surface area contributed by atoms with Gasteiger partial charge in [0.1, 0.15) is 47.8 Å². The molecule has 0 aliphatic heterocycles. The molecule has 0 fully saturated rings. The zero-order valence-corrected chi connectivity index (χ0v) is 42.7. The van der Waals surface area contributed by atoms with Gasteiger partial charge in [-0.15, -0.1) is 0 Å². The van der Waals surface area contributed by atoms with Crippen LogP contribution in [0.5, 0.6) is 0 Å². The Balaban J connectivity index is -0.000000947. The molecule has 9 unspecified atom stereocenters. The van der Waals surface area contributed by atoms with Gasteiger partial charge in [-0.3, -0.25) is 0 Å². The minimum absolute atomic E-state index is 0.0810. The third kappa shape index (κ3) is 29.8. The van der Waals surface area contributed by atoms with Crippen molar-refractivity contribution in [2.24, 2.45) is 23.7 Å². The van der Waals surface area contributed by atoms with Gasteiger partial charge >= 0.3 is 17.9 Å². The van der Waals surface area contributed by atoms with E-state index >= 15 is 0 Å². The summed E-state index contributed by atoms with van der Waals surface area (Å²) < 4.78 is 15.2. The Labute approximate surface area is 408 Å². The molecule has 15 N–H and O–H groups in total. The lowest BCUT2D eigenvalue weighted by molar-refractivity contribution is -0.158. The van der Waals surface area contributed by atoms with Crippen LogP contribution in [0.25, 0.3) is 0 Å². The minimum atomic E-state index is -1.97. The average molecular weight is 1000 g/mol. The fourth-order valence-corrected chi connectivity index (χ4v) is 5.91. The van der Waals surface area contributed by atoms with Gasteiger partial charge in [-0.1, -0.05) is 93.9 Å². The second kappa shape index (κ2) is 36.1. The largest absolute Gasteiger partial charge is 0.506 e. The molecule has 0 saturated heterocycles. The molecule has 21 nitrogen and oxygen atoms in total. The summed E-state index contributed by atoms with van der Waals surface area (Å²) in [5.41, 5.74) is -1.65. The van der Waals surface area contributed by atoms with Gasteiger partial charge in [-0.2, -0.15) is 0 Å². The predicted molar refractivity (Wildman–Crippen MR) is 255 cm³/mol. The van der Waals surface area contributed by atoms with E-state index in [2.05, 4.69) is 41.5 Å². The van der Waals surface area contributed by atoms with Crippen molar-refractivity contribution in [3.05, 3.63) is 34.6 Å². The van der Waals surface area contributed by atoms with E-state index in [1.165, 1.54) is 0 Å². The van der Waals surface area contributed by atoms with Crippen LogP contribution in [0.4, 0.5) is 0 Å². The van der Waals surface area contributed by atoms with Crippen LogP contribution in [0, 0.1) is 23.7 Å². The summed E-state index contributed by atoms with van der Waals surface area (Å²) in [5.74, 6) is -8.33. The van der Waals surface area contributed by atoms with Gasteiger partial charge in [0.05, 0.1) is 26.4 Å². The van der Waals surface area contributed by atoms with E-state index in [0.29, 0.717) is 49.4 Å². The highest BCUT2D eigenvalue weighted by atomic mass is 16.6. The molecule has 69 heavy (non-hydrogen) atoms. The SMILES string of the molecule is CC(C)CCCC(C)CCOC(=O)/C(O)=C(\O)C(O)C(O)CO.CCC(C)(CCCC(C)C)OC(=O)/C(O)=C(\O)C(O)C(O)CO.CCC(C)CCCC(C)(C)OC(=O)/C(O)=C(\O)C(O)C(O)CO. The normalized spacial score (nSPS) is 17.3. The fourth-order valence-electron chi connectivity index (χ4n) is 5.91. The molecule has 0 aromatic carbocycles. The Morgan fingerprint density at radius 1 is 0.478 bits per heavy atom. The number of aliphatic hydroxyl groups is 15. The number of carbonyl (C=O) groups is 3. The average Bonchev–Trinajstić information content (AvgIpc) is 3.30. The first-order chi connectivity index (χ1) is 31.8. The molecule has 408 valence electrons. The number of rotatable bonds is 31. The van der Waals surface area contributed by atoms with E-state index < -0.39 is 120 Å². The topological polar surface area (TPSA) is 382 Å². The maximum absolute atomic E-state index is 11.9. The number of carbonyl (C=O) groups excluding carboxylic acids is 3. The Morgan fingerprint density at radius 3 is 1.22 bits per heavy atom. The Bertz CT molecular complexity index is 1540. The molecule has 9 atom stereocenters. The van der Waals surface area contributed by atoms with Gasteiger partial charge in [0.15, 0.2) is 17.3 Å². The van der Waals surface area contributed by atoms with Crippen molar-refractivity contribution in [3.63, 3.8) is 0 Å². The highest BCUT2D eigenvalue weighted by Crippen LogP contribution is 2.26. The van der Waals surface area contributed by atoms with E-state index in [-0.39, 0.29) is 6.61 Å². The molecule has 21 heteroatoms. The summed E-state index contributed by atoms with van der Waals surface area (Å²) in [5, 5.41) is 139. The molecule has 0 amide bonds. The van der Waals surface area contributed by atoms with Crippen LogP contribution in [0.3, 0.4) is 0 Å². The molecule has 0 heterocycles. The quantitative estimate of drug-likeness (QED) is 0.0196. The fraction of sp³-hybridized carbons (Fsp3) is 0.812. The standard InChI is InChI=1S/3C16H30O7/c1-10(2)5-4-6-11(3)7-8-23-16(22)15(21)14(20)13(19)12(18)9-17;1-5-10(2)7-6-8-16(3,4)23-15(22)14(21)13(20)12(19)11(18)9-17;1-5-16(4,8-6-7-10(2)3)23-15(22)14(21)13(20)12(19)11(18)9-17/h10-13,17-21H,4-9H2,1-3H3;2*10-12,17-21H,5-9H2,1-4H3/b15-14+;2*14-13+. The molecule has 0 saturated carbocycles. The van der Waals surface area contributed by atoms with Crippen molar-refractivity contribution in [2.45, 2.75) is 201 Å². The van der Waals surface area contributed by atoms with Crippen LogP contribution < -0.4 is 0 Å². The summed E-state index contributed by atoms with van der Waals surface area (Å²) in [4.78, 5) is 35.3. The van der Waals surface area contributed by atoms with Gasteiger partial charge in [0.25, 0.3) is 0 Å². The highest BCUT2D eigenvalue weighted by Gasteiger charge is 2.33. The molecular formula is C48H90O21. The van der Waals surface area contributed by atoms with Crippen LogP contribution in [-0.4, -0.2) is 169 Å². The summed E-state index contributed by atoms with van der Waals surface area (Å²) in [6.07, 6.45) is -0.709. The number of esters is 3. The lowest BCUT2D eigenvalue weighted by atomic mass is 9.93. The lowest BCUT2D eigenvalue weighted by Crippen LogP contribution is -2.35. The number of aliphatic hydroxyl groups excluding tert-OH is 15. The van der Waals surface area contributed by atoms with E-state index in [4.69, 9.17) is 34.6 Å². The maximum atomic E-state index is 11.9. The van der Waals surface area contributed by atoms with Crippen LogP contribution in [0.15, 0.2) is 34.6 Å². The van der Waals surface area contributed by atoms with Crippen molar-refractivity contribution < 1.29 is 105 Å². The summed E-state index contributed by atoms with van der Waals surface area (Å²) >= 11 is 0. The summed E-state index contributed by atoms with van der Waals surface area (Å²) in [7, 11) is 0. The molecule has 0 aromatic rings. The van der Waals surface area contributed by atoms with Gasteiger partial charge < -0.3 is 90.8 Å². The van der Waals surface area contributed by atoms with Gasteiger partial charge in [0, 0.05) is 0 Å². The van der Waals surface area contributed by atoms with Gasteiger partial charge in [0.2, 0.25) is 17.3 Å². The van der Waals surface area contributed by atoms with E-state index in [1.54, 1.807) is 20.8 Å². The van der Waals surface area contributed by atoms with Crippen molar-refractivity contribution >= 4 is 17.9 Å². The molecule has 0 spiro atoms. The highest BCUT2D eigenvalue weighted by molar-refractivity contribution is 5.87. The zero-order valence-electron chi connectivity index (χ0n) is 42.7. The van der Waals surface area contributed by atoms with Crippen molar-refractivity contribution in [1.82, 2.24) is 0 Å². The number of hydrogen-bond donors (Lipinski definition) is 15. The molecule has 0 bridgehead atoms. The Kier molecular flexibility index (Phi) is 36.2. The summed E-state index contributed by atoms with van der Waals surface area (Å²) in [6.45, 7) is 19.3. The number of hydrogen-bond acceptors (Lipinski definition) is 21. The molecule has 0 rings (SSSR count). The molecule has 0 aliphatic carbocycles. The molecule has 0 aromatic heterocycles. The first-order valence-electron chi connectivity index (χ1n) is 23.7. The molecule has 0 aliphatic rings. The zero-order chi connectivity index (χ0) is 54.4. The molecular weight excluding hydrogens is 913 g/mol. The van der Waals surface area contributed by atoms with Crippen LogP contribution in [-0.2, 0) is 28.6 Å². The van der Waals surface area contributed by atoms with Crippen molar-refractivity contribution in [1.29, 1.82) is 0 Å². The third-order valence-corrected chi connectivity index (χ3v) is 11.2. The van der Waals surface area contributed by atoms with Crippen molar-refractivity contribution in [3.8, 4) is 0 Å². The Morgan fingerprint density at radius 2 is 0.841 bits per heavy atom. The second-order valence-electron chi connectivity index (χ2n) is 19.2. The van der Waals surface area contributed by atoms with E-state index in [1.807, 2.05) is 13.8 Å². The Hall–Kier alpha value is -3.93. The van der Waals surface area contributed by atoms with Crippen LogP contribution >= 0.6 is 0 Å². The van der Waals surface area contributed by atoms with Crippen LogP contribution in [0.2, 0.25) is 0 Å². The minimum Gasteiger partial charge on any atom is -0.506 e. The van der Waals surface area contributed by atoms with Crippen molar-refractivity contribution in [2.75, 3.05) is 26.4 Å². The van der Waals surface area contributed by atoms with Gasteiger partial charge in [-0.25, -0.2) is 14.4 Å². The summed E-state index contributed by atoms with van der Waals surface area (Å²) in [6, 6.07) is 0. The van der Waals surface area contributed by atoms with Gasteiger partial charge in [-0.05, 0) is 83.0 Å².